The molecule has 2 rings (SSSR count). The fourth-order valence-corrected chi connectivity index (χ4v) is 2.20. The number of amides is 1. The number of halogens is 1. The molecule has 1 aliphatic rings. The number of nitrogens with zero attached hydrogens (tertiary/aromatic N) is 1. The van der Waals surface area contributed by atoms with Gasteiger partial charge < -0.3 is 4.90 Å². The van der Waals surface area contributed by atoms with Crippen molar-refractivity contribution in [2.45, 2.75) is 13.8 Å². The zero-order chi connectivity index (χ0) is 12.6. The van der Waals surface area contributed by atoms with Gasteiger partial charge in [-0.1, -0.05) is 23.7 Å². The van der Waals surface area contributed by atoms with Crippen LogP contribution in [0.4, 0.5) is 5.69 Å². The van der Waals surface area contributed by atoms with Crippen molar-refractivity contribution in [1.82, 2.24) is 0 Å². The Hall–Kier alpha value is -1.61. The third-order valence-corrected chi connectivity index (χ3v) is 2.97. The first-order valence-corrected chi connectivity index (χ1v) is 5.72. The molecule has 0 radical (unpaired) electrons. The number of rotatable bonds is 2. The van der Waals surface area contributed by atoms with Crippen molar-refractivity contribution in [3.63, 3.8) is 0 Å². The second kappa shape index (κ2) is 4.34. The molecule has 3 nitrogen and oxygen atoms in total. The predicted molar refractivity (Wildman–Crippen MR) is 67.6 cm³/mol. The number of Topliss-reactive ketones (excluding diaryl/α,β-unsaturated/α-hetero) is 1. The van der Waals surface area contributed by atoms with Gasteiger partial charge >= 0.3 is 0 Å². The summed E-state index contributed by atoms with van der Waals surface area (Å²) in [5.41, 5.74) is 4.42. The van der Waals surface area contributed by atoms with Crippen LogP contribution in [0.5, 0.6) is 0 Å². The van der Waals surface area contributed by atoms with E-state index in [2.05, 4.69) is 0 Å². The number of ketones is 1. The molecule has 17 heavy (non-hydrogen) atoms. The van der Waals surface area contributed by atoms with E-state index in [0.717, 1.165) is 11.1 Å². The third kappa shape index (κ3) is 1.87. The topological polar surface area (TPSA) is 37.4 Å². The first-order valence-electron chi connectivity index (χ1n) is 5.29. The minimum atomic E-state index is -0.483. The van der Waals surface area contributed by atoms with E-state index in [4.69, 9.17) is 11.6 Å². The lowest BCUT2D eigenvalue weighted by atomic mass is 10.0. The van der Waals surface area contributed by atoms with E-state index in [1.807, 2.05) is 26.0 Å². The largest absolute Gasteiger partial charge is 0.301 e. The number of anilines is 1. The Morgan fingerprint density at radius 3 is 2.65 bits per heavy atom. The van der Waals surface area contributed by atoms with Crippen LogP contribution in [0, 0.1) is 13.8 Å². The molecule has 0 spiro atoms. The average molecular weight is 250 g/mol. The SMILES string of the molecule is Cc1cc(C)c2c(c1)N(C/C=C/Cl)C(=O)C2=O. The highest BCUT2D eigenvalue weighted by Crippen LogP contribution is 2.32. The second-order valence-electron chi connectivity index (χ2n) is 4.08. The normalized spacial score (nSPS) is 14.9. The van der Waals surface area contributed by atoms with Crippen LogP contribution in [0.2, 0.25) is 0 Å². The smallest absolute Gasteiger partial charge is 0.299 e. The van der Waals surface area contributed by atoms with Crippen LogP contribution in [0.15, 0.2) is 23.7 Å². The summed E-state index contributed by atoms with van der Waals surface area (Å²) in [7, 11) is 0. The Morgan fingerprint density at radius 2 is 2.00 bits per heavy atom. The van der Waals surface area contributed by atoms with Gasteiger partial charge in [0.15, 0.2) is 0 Å². The molecule has 0 N–H and O–H groups in total. The molecule has 1 aliphatic heterocycles. The van der Waals surface area contributed by atoms with Crippen molar-refractivity contribution < 1.29 is 9.59 Å². The maximum atomic E-state index is 11.9. The van der Waals surface area contributed by atoms with Crippen LogP contribution in [0.25, 0.3) is 0 Å². The zero-order valence-electron chi connectivity index (χ0n) is 9.66. The lowest BCUT2D eigenvalue weighted by Gasteiger charge is -2.14. The summed E-state index contributed by atoms with van der Waals surface area (Å²) in [6, 6.07) is 3.76. The van der Waals surface area contributed by atoms with Crippen molar-refractivity contribution >= 4 is 29.0 Å². The summed E-state index contributed by atoms with van der Waals surface area (Å²) in [5.74, 6) is -0.913. The first-order chi connectivity index (χ1) is 8.06. The predicted octanol–water partition coefficient (Wildman–Crippen LogP) is 2.59. The fourth-order valence-electron chi connectivity index (χ4n) is 2.12. The maximum Gasteiger partial charge on any atom is 0.299 e. The average Bonchev–Trinajstić information content (AvgIpc) is 2.49. The molecule has 4 heteroatoms. The lowest BCUT2D eigenvalue weighted by molar-refractivity contribution is -0.114. The Kier molecular flexibility index (Phi) is 3.03. The van der Waals surface area contributed by atoms with E-state index in [1.165, 1.54) is 10.4 Å². The molecule has 0 saturated carbocycles. The summed E-state index contributed by atoms with van der Waals surface area (Å²) in [6.45, 7) is 4.11. The number of benzene rings is 1. The lowest BCUT2D eigenvalue weighted by Crippen LogP contribution is -2.29. The van der Waals surface area contributed by atoms with Gasteiger partial charge in [0.1, 0.15) is 0 Å². The molecular weight excluding hydrogens is 238 g/mol. The van der Waals surface area contributed by atoms with Crippen molar-refractivity contribution in [3.05, 3.63) is 40.4 Å². The molecule has 0 aliphatic carbocycles. The first kappa shape index (κ1) is 11.9. The van der Waals surface area contributed by atoms with Crippen molar-refractivity contribution in [1.29, 1.82) is 0 Å². The van der Waals surface area contributed by atoms with Gasteiger partial charge in [0.25, 0.3) is 11.7 Å². The number of carbonyl (C=O) groups is 2. The molecule has 0 fully saturated rings. The molecule has 0 atom stereocenters. The highest BCUT2D eigenvalue weighted by Gasteiger charge is 2.36. The van der Waals surface area contributed by atoms with Gasteiger partial charge in [0.05, 0.1) is 11.3 Å². The Bertz CT molecular complexity index is 534. The Balaban J connectivity index is 2.55. The van der Waals surface area contributed by atoms with E-state index in [0.29, 0.717) is 17.8 Å². The number of hydrogen-bond donors (Lipinski definition) is 0. The van der Waals surface area contributed by atoms with Crippen LogP contribution in [0.1, 0.15) is 21.5 Å². The second-order valence-corrected chi connectivity index (χ2v) is 4.33. The molecule has 0 unspecified atom stereocenters. The molecule has 1 amide bonds. The van der Waals surface area contributed by atoms with E-state index in [9.17, 15) is 9.59 Å². The maximum absolute atomic E-state index is 11.9. The fraction of sp³-hybridized carbons (Fsp3) is 0.231. The molecule has 0 saturated heterocycles. The summed E-state index contributed by atoms with van der Waals surface area (Å²) in [5, 5.41) is 0. The van der Waals surface area contributed by atoms with Crippen LogP contribution in [-0.2, 0) is 4.79 Å². The number of carbonyl (C=O) groups excluding carboxylic acids is 2. The molecular formula is C13H12ClNO2. The van der Waals surface area contributed by atoms with Crippen molar-refractivity contribution in [2.24, 2.45) is 0 Å². The van der Waals surface area contributed by atoms with Crippen LogP contribution < -0.4 is 4.90 Å². The van der Waals surface area contributed by atoms with Crippen LogP contribution in [0.3, 0.4) is 0 Å². The van der Waals surface area contributed by atoms with Gasteiger partial charge in [-0.05, 0) is 31.0 Å². The van der Waals surface area contributed by atoms with E-state index < -0.39 is 11.7 Å². The van der Waals surface area contributed by atoms with E-state index in [1.54, 1.807) is 6.08 Å². The molecule has 1 heterocycles. The van der Waals surface area contributed by atoms with E-state index >= 15 is 0 Å². The Morgan fingerprint density at radius 1 is 1.29 bits per heavy atom. The van der Waals surface area contributed by atoms with E-state index in [-0.39, 0.29) is 0 Å². The summed E-state index contributed by atoms with van der Waals surface area (Å²) < 4.78 is 0. The molecule has 0 aromatic heterocycles. The van der Waals surface area contributed by atoms with Gasteiger partial charge in [-0.3, -0.25) is 9.59 Å². The van der Waals surface area contributed by atoms with Crippen LogP contribution in [-0.4, -0.2) is 18.2 Å². The highest BCUT2D eigenvalue weighted by atomic mass is 35.5. The summed E-state index contributed by atoms with van der Waals surface area (Å²) in [4.78, 5) is 25.1. The van der Waals surface area contributed by atoms with Gasteiger partial charge in [0.2, 0.25) is 0 Å². The van der Waals surface area contributed by atoms with Gasteiger partial charge in [-0.15, -0.1) is 0 Å². The van der Waals surface area contributed by atoms with Crippen molar-refractivity contribution in [3.8, 4) is 0 Å². The third-order valence-electron chi connectivity index (χ3n) is 2.79. The Labute approximate surface area is 105 Å². The number of fused-ring (bicyclic) bond motifs is 1. The summed E-state index contributed by atoms with van der Waals surface area (Å²) in [6.07, 6.45) is 1.64. The minimum absolute atomic E-state index is 0.323. The molecule has 1 aromatic rings. The van der Waals surface area contributed by atoms with Crippen molar-refractivity contribution in [2.75, 3.05) is 11.4 Å². The highest BCUT2D eigenvalue weighted by molar-refractivity contribution is 6.52. The van der Waals surface area contributed by atoms with Gasteiger partial charge in [-0.25, -0.2) is 0 Å². The quantitative estimate of drug-likeness (QED) is 0.756. The standard InChI is InChI=1S/C13H12ClNO2/c1-8-6-9(2)11-10(7-8)15(5-3-4-14)13(17)12(11)16/h3-4,6-7H,5H2,1-2H3/b4-3+. The summed E-state index contributed by atoms with van der Waals surface area (Å²) >= 11 is 5.45. The van der Waals surface area contributed by atoms with Gasteiger partial charge in [-0.2, -0.15) is 0 Å². The van der Waals surface area contributed by atoms with Crippen LogP contribution >= 0.6 is 11.6 Å². The minimum Gasteiger partial charge on any atom is -0.301 e. The molecule has 88 valence electrons. The number of hydrogen-bond acceptors (Lipinski definition) is 2. The van der Waals surface area contributed by atoms with Gasteiger partial charge in [0, 0.05) is 12.1 Å². The zero-order valence-corrected chi connectivity index (χ0v) is 10.4. The molecule has 0 bridgehead atoms. The monoisotopic (exact) mass is 249 g/mol. The number of aryl methyl sites for hydroxylation is 2. The molecule has 1 aromatic carbocycles.